The van der Waals surface area contributed by atoms with Crippen molar-refractivity contribution in [3.05, 3.63) is 0 Å². The summed E-state index contributed by atoms with van der Waals surface area (Å²) in [6.07, 6.45) is 9.57. The summed E-state index contributed by atoms with van der Waals surface area (Å²) in [6, 6.07) is 0.775. The highest BCUT2D eigenvalue weighted by molar-refractivity contribution is 4.78. The zero-order valence-corrected chi connectivity index (χ0v) is 12.9. The van der Waals surface area contributed by atoms with E-state index < -0.39 is 0 Å². The molecule has 0 saturated carbocycles. The monoisotopic (exact) mass is 254 g/mol. The molecular formula is C16H34N2. The van der Waals surface area contributed by atoms with E-state index in [2.05, 4.69) is 31.0 Å². The van der Waals surface area contributed by atoms with Crippen molar-refractivity contribution in [3.8, 4) is 0 Å². The van der Waals surface area contributed by atoms with Crippen LogP contribution in [0.3, 0.4) is 0 Å². The van der Waals surface area contributed by atoms with E-state index in [-0.39, 0.29) is 0 Å². The lowest BCUT2D eigenvalue weighted by atomic mass is 9.98. The van der Waals surface area contributed by atoms with Gasteiger partial charge in [0.15, 0.2) is 0 Å². The molecule has 18 heavy (non-hydrogen) atoms. The summed E-state index contributed by atoms with van der Waals surface area (Å²) >= 11 is 0. The number of nitrogens with zero attached hydrogens (tertiary/aromatic N) is 1. The Bertz CT molecular complexity index is 194. The van der Waals surface area contributed by atoms with Crippen molar-refractivity contribution < 1.29 is 0 Å². The third-order valence-electron chi connectivity index (χ3n) is 4.40. The van der Waals surface area contributed by atoms with Crippen LogP contribution in [-0.4, -0.2) is 37.1 Å². The summed E-state index contributed by atoms with van der Waals surface area (Å²) in [5.74, 6) is 0.987. The molecule has 0 aliphatic carbocycles. The van der Waals surface area contributed by atoms with Gasteiger partial charge >= 0.3 is 0 Å². The van der Waals surface area contributed by atoms with Crippen LogP contribution < -0.4 is 5.32 Å². The van der Waals surface area contributed by atoms with Gasteiger partial charge in [0.25, 0.3) is 0 Å². The Morgan fingerprint density at radius 3 is 2.61 bits per heavy atom. The van der Waals surface area contributed by atoms with Gasteiger partial charge in [0.1, 0.15) is 0 Å². The molecule has 2 unspecified atom stereocenters. The normalized spacial score (nSPS) is 23.8. The Hall–Kier alpha value is -0.0800. The SMILES string of the molecule is CCCNCC(CCC)N1CCCC(CC)CC1. The lowest BCUT2D eigenvalue weighted by molar-refractivity contribution is 0.185. The van der Waals surface area contributed by atoms with Gasteiger partial charge in [-0.25, -0.2) is 0 Å². The molecule has 1 heterocycles. The van der Waals surface area contributed by atoms with Crippen LogP contribution in [0.4, 0.5) is 0 Å². The summed E-state index contributed by atoms with van der Waals surface area (Å²) in [5.41, 5.74) is 0. The van der Waals surface area contributed by atoms with Gasteiger partial charge in [-0.3, -0.25) is 4.90 Å². The van der Waals surface area contributed by atoms with Crippen molar-refractivity contribution in [1.29, 1.82) is 0 Å². The average molecular weight is 254 g/mol. The maximum absolute atomic E-state index is 3.62. The molecule has 1 rings (SSSR count). The van der Waals surface area contributed by atoms with Gasteiger partial charge in [0, 0.05) is 12.6 Å². The van der Waals surface area contributed by atoms with E-state index in [4.69, 9.17) is 0 Å². The van der Waals surface area contributed by atoms with Crippen LogP contribution >= 0.6 is 0 Å². The van der Waals surface area contributed by atoms with Gasteiger partial charge in [-0.2, -0.15) is 0 Å². The molecule has 1 aliphatic heterocycles. The summed E-state index contributed by atoms with van der Waals surface area (Å²) in [7, 11) is 0. The third kappa shape index (κ3) is 5.71. The minimum absolute atomic E-state index is 0.775. The van der Waals surface area contributed by atoms with Gasteiger partial charge < -0.3 is 5.32 Å². The Labute approximate surface area is 115 Å². The summed E-state index contributed by atoms with van der Waals surface area (Å²) in [5, 5.41) is 3.62. The first-order valence-corrected chi connectivity index (χ1v) is 8.26. The lowest BCUT2D eigenvalue weighted by Crippen LogP contribution is -2.43. The number of nitrogens with one attached hydrogen (secondary N) is 1. The molecular weight excluding hydrogens is 220 g/mol. The standard InChI is InChI=1S/C16H34N2/c1-4-8-16(14-17-11-5-2)18-12-7-9-15(6-3)10-13-18/h15-17H,4-14H2,1-3H3. The van der Waals surface area contributed by atoms with E-state index in [1.54, 1.807) is 0 Å². The minimum Gasteiger partial charge on any atom is -0.315 e. The summed E-state index contributed by atoms with van der Waals surface area (Å²) in [4.78, 5) is 2.77. The number of hydrogen-bond donors (Lipinski definition) is 1. The van der Waals surface area contributed by atoms with Crippen LogP contribution in [0.15, 0.2) is 0 Å². The number of rotatable bonds is 8. The highest BCUT2D eigenvalue weighted by atomic mass is 15.2. The van der Waals surface area contributed by atoms with Gasteiger partial charge in [-0.1, -0.05) is 33.6 Å². The van der Waals surface area contributed by atoms with Crippen molar-refractivity contribution in [2.75, 3.05) is 26.2 Å². The third-order valence-corrected chi connectivity index (χ3v) is 4.40. The zero-order chi connectivity index (χ0) is 13.2. The molecule has 1 fully saturated rings. The molecule has 1 aliphatic rings. The predicted molar refractivity (Wildman–Crippen MR) is 81.1 cm³/mol. The molecule has 1 saturated heterocycles. The highest BCUT2D eigenvalue weighted by Crippen LogP contribution is 2.22. The topological polar surface area (TPSA) is 15.3 Å². The molecule has 0 bridgehead atoms. The van der Waals surface area contributed by atoms with E-state index in [0.717, 1.165) is 12.0 Å². The van der Waals surface area contributed by atoms with E-state index in [1.165, 1.54) is 71.1 Å². The van der Waals surface area contributed by atoms with E-state index in [0.29, 0.717) is 0 Å². The van der Waals surface area contributed by atoms with Crippen LogP contribution in [0.1, 0.15) is 65.7 Å². The molecule has 0 aromatic heterocycles. The fourth-order valence-electron chi connectivity index (χ4n) is 3.15. The average Bonchev–Trinajstić information content (AvgIpc) is 2.63. The quantitative estimate of drug-likeness (QED) is 0.665. The maximum Gasteiger partial charge on any atom is 0.0220 e. The second-order valence-corrected chi connectivity index (χ2v) is 5.89. The predicted octanol–water partition coefficient (Wildman–Crippen LogP) is 3.67. The Morgan fingerprint density at radius 1 is 1.11 bits per heavy atom. The van der Waals surface area contributed by atoms with Crippen LogP contribution in [-0.2, 0) is 0 Å². The molecule has 0 aromatic rings. The summed E-state index contributed by atoms with van der Waals surface area (Å²) < 4.78 is 0. The molecule has 0 aromatic carbocycles. The van der Waals surface area contributed by atoms with Crippen LogP contribution in [0.2, 0.25) is 0 Å². The Balaban J connectivity index is 2.40. The molecule has 0 spiro atoms. The van der Waals surface area contributed by atoms with E-state index in [1.807, 2.05) is 0 Å². The van der Waals surface area contributed by atoms with E-state index in [9.17, 15) is 0 Å². The van der Waals surface area contributed by atoms with Crippen LogP contribution in [0.25, 0.3) is 0 Å². The first-order valence-electron chi connectivity index (χ1n) is 8.26. The Morgan fingerprint density at radius 2 is 1.94 bits per heavy atom. The Kier molecular flexibility index (Phi) is 8.70. The van der Waals surface area contributed by atoms with Crippen molar-refractivity contribution in [2.24, 2.45) is 5.92 Å². The fourth-order valence-corrected chi connectivity index (χ4v) is 3.15. The first-order chi connectivity index (χ1) is 8.81. The molecule has 108 valence electrons. The number of likely N-dealkylation sites (tertiary alicyclic amines) is 1. The molecule has 0 amide bonds. The smallest absolute Gasteiger partial charge is 0.0220 e. The lowest BCUT2D eigenvalue weighted by Gasteiger charge is -2.31. The van der Waals surface area contributed by atoms with E-state index >= 15 is 0 Å². The highest BCUT2D eigenvalue weighted by Gasteiger charge is 2.21. The molecule has 2 nitrogen and oxygen atoms in total. The minimum atomic E-state index is 0.775. The maximum atomic E-state index is 3.62. The molecule has 1 N–H and O–H groups in total. The van der Waals surface area contributed by atoms with Crippen molar-refractivity contribution in [2.45, 2.75) is 71.8 Å². The van der Waals surface area contributed by atoms with Crippen molar-refractivity contribution >= 4 is 0 Å². The zero-order valence-electron chi connectivity index (χ0n) is 12.9. The van der Waals surface area contributed by atoms with Gasteiger partial charge in [0.2, 0.25) is 0 Å². The van der Waals surface area contributed by atoms with Gasteiger partial charge in [-0.05, 0) is 57.7 Å². The fraction of sp³-hybridized carbons (Fsp3) is 1.00. The summed E-state index contributed by atoms with van der Waals surface area (Å²) in [6.45, 7) is 11.9. The van der Waals surface area contributed by atoms with Crippen molar-refractivity contribution in [3.63, 3.8) is 0 Å². The van der Waals surface area contributed by atoms with Gasteiger partial charge in [-0.15, -0.1) is 0 Å². The second kappa shape index (κ2) is 9.80. The molecule has 2 atom stereocenters. The van der Waals surface area contributed by atoms with Gasteiger partial charge in [0.05, 0.1) is 0 Å². The van der Waals surface area contributed by atoms with Crippen LogP contribution in [0, 0.1) is 5.92 Å². The molecule has 0 radical (unpaired) electrons. The largest absolute Gasteiger partial charge is 0.315 e. The molecule has 2 heteroatoms. The first kappa shape index (κ1) is 16.0. The second-order valence-electron chi connectivity index (χ2n) is 5.89. The van der Waals surface area contributed by atoms with Crippen molar-refractivity contribution in [1.82, 2.24) is 10.2 Å². The number of hydrogen-bond acceptors (Lipinski definition) is 2. The van der Waals surface area contributed by atoms with Crippen LogP contribution in [0.5, 0.6) is 0 Å².